The molecule has 6 nitrogen and oxygen atoms in total. The molecule has 1 aliphatic rings. The minimum atomic E-state index is -0.338. The largest absolute Gasteiger partial charge is 0.339 e. The van der Waals surface area contributed by atoms with Gasteiger partial charge in [0.2, 0.25) is 11.8 Å². The van der Waals surface area contributed by atoms with Gasteiger partial charge in [-0.3, -0.25) is 9.59 Å². The van der Waals surface area contributed by atoms with Crippen molar-refractivity contribution in [3.63, 3.8) is 0 Å². The second-order valence-corrected chi connectivity index (χ2v) is 7.67. The maximum Gasteiger partial charge on any atom is 0.246 e. The average molecular weight is 419 g/mol. The van der Waals surface area contributed by atoms with Crippen LogP contribution in [0, 0.1) is 18.7 Å². The van der Waals surface area contributed by atoms with E-state index in [4.69, 9.17) is 11.6 Å². The summed E-state index contributed by atoms with van der Waals surface area (Å²) in [7, 11) is 0. The molecule has 1 aliphatic heterocycles. The lowest BCUT2D eigenvalue weighted by atomic mass is 10.1. The normalized spacial score (nSPS) is 14.8. The van der Waals surface area contributed by atoms with Crippen LogP contribution in [0.25, 0.3) is 11.8 Å². The van der Waals surface area contributed by atoms with Gasteiger partial charge in [-0.2, -0.15) is 5.10 Å². The molecule has 0 atom stereocenters. The number of nitrogens with zero attached hydrogens (tertiary/aromatic N) is 4. The van der Waals surface area contributed by atoms with Crippen molar-refractivity contribution in [3.05, 3.63) is 52.6 Å². The predicted molar refractivity (Wildman–Crippen MR) is 110 cm³/mol. The average Bonchev–Trinajstić information content (AvgIpc) is 2.99. The Hall–Kier alpha value is -2.67. The van der Waals surface area contributed by atoms with Crippen LogP contribution in [-0.4, -0.2) is 57.6 Å². The van der Waals surface area contributed by atoms with E-state index < -0.39 is 0 Å². The molecule has 29 heavy (non-hydrogen) atoms. The Bertz CT molecular complexity index is 929. The number of piperazine rings is 1. The van der Waals surface area contributed by atoms with E-state index >= 15 is 0 Å². The minimum absolute atomic E-state index is 0.0418. The van der Waals surface area contributed by atoms with Gasteiger partial charge in [0.05, 0.1) is 11.4 Å². The van der Waals surface area contributed by atoms with Crippen LogP contribution in [-0.2, 0) is 9.59 Å². The number of carbonyl (C=O) groups is 2. The molecule has 0 unspecified atom stereocenters. The molecule has 8 heteroatoms. The molecule has 0 spiro atoms. The molecule has 0 aliphatic carbocycles. The molecule has 1 aromatic heterocycles. The number of hydrogen-bond donors (Lipinski definition) is 0. The SMILES string of the molecule is Cc1nn(-c2ccc(F)cc2)c(Cl)c1/C=C/C(=O)N1CCN(C(=O)C(C)C)CC1. The van der Waals surface area contributed by atoms with Crippen molar-refractivity contribution in [1.29, 1.82) is 0 Å². The lowest BCUT2D eigenvalue weighted by Crippen LogP contribution is -2.51. The number of halogens is 2. The first-order valence-corrected chi connectivity index (χ1v) is 9.92. The standard InChI is InChI=1S/C21H24ClFN4O2/c1-14(2)21(29)26-12-10-25(11-13-26)19(28)9-8-18-15(3)24-27(20(18)22)17-6-4-16(23)5-7-17/h4-9,14H,10-13H2,1-3H3/b9-8+. The Morgan fingerprint density at radius 3 is 2.28 bits per heavy atom. The first kappa shape index (κ1) is 21.0. The Morgan fingerprint density at radius 2 is 1.69 bits per heavy atom. The molecule has 154 valence electrons. The van der Waals surface area contributed by atoms with E-state index in [1.807, 2.05) is 13.8 Å². The van der Waals surface area contributed by atoms with Gasteiger partial charge in [0.25, 0.3) is 0 Å². The van der Waals surface area contributed by atoms with Crippen LogP contribution < -0.4 is 0 Å². The maximum atomic E-state index is 13.1. The number of hydrogen-bond acceptors (Lipinski definition) is 3. The lowest BCUT2D eigenvalue weighted by molar-refractivity contribution is -0.139. The highest BCUT2D eigenvalue weighted by Crippen LogP contribution is 2.25. The summed E-state index contributed by atoms with van der Waals surface area (Å²) in [5.74, 6) is -0.399. The molecular weight excluding hydrogens is 395 g/mol. The quantitative estimate of drug-likeness (QED) is 0.716. The molecule has 3 rings (SSSR count). The van der Waals surface area contributed by atoms with Crippen LogP contribution in [0.15, 0.2) is 30.3 Å². The summed E-state index contributed by atoms with van der Waals surface area (Å²) in [6.07, 6.45) is 3.13. The van der Waals surface area contributed by atoms with E-state index in [-0.39, 0.29) is 23.5 Å². The van der Waals surface area contributed by atoms with E-state index in [0.717, 1.165) is 0 Å². The third-order valence-corrected chi connectivity index (χ3v) is 5.27. The highest BCUT2D eigenvalue weighted by molar-refractivity contribution is 6.31. The number of rotatable bonds is 4. The Labute approximate surface area is 174 Å². The summed E-state index contributed by atoms with van der Waals surface area (Å²) in [5.41, 5.74) is 1.94. The van der Waals surface area contributed by atoms with E-state index in [9.17, 15) is 14.0 Å². The maximum absolute atomic E-state index is 13.1. The highest BCUT2D eigenvalue weighted by atomic mass is 35.5. The van der Waals surface area contributed by atoms with Gasteiger partial charge in [-0.15, -0.1) is 0 Å². The van der Waals surface area contributed by atoms with E-state index in [1.54, 1.807) is 34.9 Å². The molecule has 1 saturated heterocycles. The Balaban J connectivity index is 1.68. The van der Waals surface area contributed by atoms with Crippen LogP contribution >= 0.6 is 11.6 Å². The van der Waals surface area contributed by atoms with Gasteiger partial charge in [-0.25, -0.2) is 9.07 Å². The smallest absolute Gasteiger partial charge is 0.246 e. The fourth-order valence-electron chi connectivity index (χ4n) is 3.23. The van der Waals surface area contributed by atoms with Gasteiger partial charge >= 0.3 is 0 Å². The minimum Gasteiger partial charge on any atom is -0.339 e. The molecular formula is C21H24ClFN4O2. The number of benzene rings is 1. The molecule has 0 bridgehead atoms. The zero-order valence-corrected chi connectivity index (χ0v) is 17.5. The van der Waals surface area contributed by atoms with Crippen molar-refractivity contribution in [2.45, 2.75) is 20.8 Å². The third kappa shape index (κ3) is 4.67. The van der Waals surface area contributed by atoms with Crippen LogP contribution in [0.4, 0.5) is 4.39 Å². The van der Waals surface area contributed by atoms with Crippen molar-refractivity contribution in [1.82, 2.24) is 19.6 Å². The summed E-state index contributed by atoms with van der Waals surface area (Å²) in [6, 6.07) is 5.85. The van der Waals surface area contributed by atoms with Crippen molar-refractivity contribution in [3.8, 4) is 5.69 Å². The fraction of sp³-hybridized carbons (Fsp3) is 0.381. The second kappa shape index (κ2) is 8.78. The zero-order chi connectivity index (χ0) is 21.1. The summed E-state index contributed by atoms with van der Waals surface area (Å²) in [5, 5.41) is 4.74. The van der Waals surface area contributed by atoms with E-state index in [1.165, 1.54) is 22.9 Å². The predicted octanol–water partition coefficient (Wildman–Crippen LogP) is 3.31. The lowest BCUT2D eigenvalue weighted by Gasteiger charge is -2.35. The summed E-state index contributed by atoms with van der Waals surface area (Å²) >= 11 is 6.44. The van der Waals surface area contributed by atoms with Crippen LogP contribution in [0.3, 0.4) is 0 Å². The molecule has 2 amide bonds. The van der Waals surface area contributed by atoms with Crippen LogP contribution in [0.2, 0.25) is 5.15 Å². The van der Waals surface area contributed by atoms with Gasteiger partial charge in [0.15, 0.2) is 0 Å². The van der Waals surface area contributed by atoms with Gasteiger partial charge < -0.3 is 9.80 Å². The molecule has 2 heterocycles. The van der Waals surface area contributed by atoms with Gasteiger partial charge in [0, 0.05) is 43.7 Å². The van der Waals surface area contributed by atoms with Gasteiger partial charge in [-0.05, 0) is 37.3 Å². The molecule has 0 N–H and O–H groups in total. The molecule has 1 fully saturated rings. The molecule has 0 saturated carbocycles. The second-order valence-electron chi connectivity index (χ2n) is 7.32. The Morgan fingerprint density at radius 1 is 1.10 bits per heavy atom. The van der Waals surface area contributed by atoms with Crippen LogP contribution in [0.1, 0.15) is 25.1 Å². The Kier molecular flexibility index (Phi) is 6.37. The van der Waals surface area contributed by atoms with E-state index in [2.05, 4.69) is 5.10 Å². The van der Waals surface area contributed by atoms with Crippen LogP contribution in [0.5, 0.6) is 0 Å². The molecule has 0 radical (unpaired) electrons. The number of amides is 2. The first-order chi connectivity index (χ1) is 13.8. The fourth-order valence-corrected chi connectivity index (χ4v) is 3.56. The summed E-state index contributed by atoms with van der Waals surface area (Å²) in [4.78, 5) is 28.1. The van der Waals surface area contributed by atoms with Crippen molar-refractivity contribution in [2.24, 2.45) is 5.92 Å². The summed E-state index contributed by atoms with van der Waals surface area (Å²) < 4.78 is 14.7. The topological polar surface area (TPSA) is 58.4 Å². The zero-order valence-electron chi connectivity index (χ0n) is 16.7. The summed E-state index contributed by atoms with van der Waals surface area (Å²) in [6.45, 7) is 7.64. The van der Waals surface area contributed by atoms with Crippen molar-refractivity contribution < 1.29 is 14.0 Å². The monoisotopic (exact) mass is 418 g/mol. The van der Waals surface area contributed by atoms with Gasteiger partial charge in [0.1, 0.15) is 11.0 Å². The number of aryl methyl sites for hydroxylation is 1. The molecule has 2 aromatic rings. The van der Waals surface area contributed by atoms with Crippen molar-refractivity contribution in [2.75, 3.05) is 26.2 Å². The number of carbonyl (C=O) groups excluding carboxylic acids is 2. The molecule has 1 aromatic carbocycles. The highest BCUT2D eigenvalue weighted by Gasteiger charge is 2.24. The number of aromatic nitrogens is 2. The third-order valence-electron chi connectivity index (χ3n) is 4.91. The van der Waals surface area contributed by atoms with Gasteiger partial charge in [-0.1, -0.05) is 25.4 Å². The van der Waals surface area contributed by atoms with Crippen molar-refractivity contribution >= 4 is 29.5 Å². The first-order valence-electron chi connectivity index (χ1n) is 9.54. The van der Waals surface area contributed by atoms with E-state index in [0.29, 0.717) is 48.3 Å².